The van der Waals surface area contributed by atoms with E-state index in [1.165, 1.54) is 24.3 Å². The van der Waals surface area contributed by atoms with E-state index in [0.29, 0.717) is 29.0 Å². The number of aromatic nitrogens is 3. The quantitative estimate of drug-likeness (QED) is 0.568. The first kappa shape index (κ1) is 21.2. The molecule has 0 bridgehead atoms. The standard InChI is InChI=1S/C23H18F4N4O2/c1-33-16-8-4-12(5-9-16)14-10-17-19(18(32)11-14)20(13-2-6-15(24)7-3-13)31-22(28-17)29-21(30-31)23(25,26)27/h2-9,14,20H,10-11H2,1H3,(H,28,29,30)/t14-,20+/m1/s1. The van der Waals surface area contributed by atoms with Crippen LogP contribution in [0.1, 0.15) is 41.8 Å². The molecule has 0 unspecified atom stereocenters. The normalized spacial score (nSPS) is 20.2. The summed E-state index contributed by atoms with van der Waals surface area (Å²) in [4.78, 5) is 17.0. The molecule has 3 aromatic rings. The average Bonchev–Trinajstić information content (AvgIpc) is 3.23. The van der Waals surface area contributed by atoms with Crippen molar-refractivity contribution in [1.29, 1.82) is 0 Å². The lowest BCUT2D eigenvalue weighted by Crippen LogP contribution is -2.33. The van der Waals surface area contributed by atoms with Gasteiger partial charge in [0.25, 0.3) is 5.82 Å². The Morgan fingerprint density at radius 2 is 1.70 bits per heavy atom. The molecule has 2 aliphatic rings. The number of ketones is 1. The third kappa shape index (κ3) is 3.75. The predicted octanol–water partition coefficient (Wildman–Crippen LogP) is 4.86. The number of carbonyl (C=O) groups is 1. The number of allylic oxidation sites excluding steroid dienone is 2. The number of nitrogens with zero attached hydrogens (tertiary/aromatic N) is 3. The Morgan fingerprint density at radius 1 is 1.03 bits per heavy atom. The van der Waals surface area contributed by atoms with Crippen molar-refractivity contribution in [2.45, 2.75) is 31.0 Å². The number of ether oxygens (including phenoxy) is 1. The average molecular weight is 458 g/mol. The summed E-state index contributed by atoms with van der Waals surface area (Å²) in [6, 6.07) is 11.7. The first-order chi connectivity index (χ1) is 15.7. The zero-order valence-corrected chi connectivity index (χ0v) is 17.4. The maximum Gasteiger partial charge on any atom is 0.453 e. The lowest BCUT2D eigenvalue weighted by molar-refractivity contribution is -0.145. The third-order valence-corrected chi connectivity index (χ3v) is 5.95. The van der Waals surface area contributed by atoms with Crippen molar-refractivity contribution in [2.75, 3.05) is 12.4 Å². The summed E-state index contributed by atoms with van der Waals surface area (Å²) in [5.74, 6) is -1.62. The minimum Gasteiger partial charge on any atom is -0.497 e. The molecule has 1 aliphatic carbocycles. The van der Waals surface area contributed by atoms with Gasteiger partial charge in [0.2, 0.25) is 5.95 Å². The topological polar surface area (TPSA) is 69.0 Å². The Balaban J connectivity index is 1.59. The fraction of sp³-hybridized carbons (Fsp3) is 0.261. The number of Topliss-reactive ketones (excluding diaryl/α,β-unsaturated/α-hetero) is 1. The van der Waals surface area contributed by atoms with Crippen molar-refractivity contribution in [2.24, 2.45) is 0 Å². The van der Waals surface area contributed by atoms with Gasteiger partial charge in [-0.2, -0.15) is 18.2 Å². The summed E-state index contributed by atoms with van der Waals surface area (Å²) in [5.41, 5.74) is 2.17. The van der Waals surface area contributed by atoms with E-state index >= 15 is 0 Å². The van der Waals surface area contributed by atoms with Gasteiger partial charge in [0.05, 0.1) is 7.11 Å². The molecule has 1 aliphatic heterocycles. The highest BCUT2D eigenvalue weighted by atomic mass is 19.4. The van der Waals surface area contributed by atoms with E-state index in [9.17, 15) is 22.4 Å². The number of alkyl halides is 3. The highest BCUT2D eigenvalue weighted by Crippen LogP contribution is 2.45. The Morgan fingerprint density at radius 3 is 2.33 bits per heavy atom. The summed E-state index contributed by atoms with van der Waals surface area (Å²) in [6.45, 7) is 0. The molecule has 1 N–H and O–H groups in total. The van der Waals surface area contributed by atoms with E-state index in [1.54, 1.807) is 19.2 Å². The van der Waals surface area contributed by atoms with Gasteiger partial charge in [-0.15, -0.1) is 5.10 Å². The van der Waals surface area contributed by atoms with Crippen LogP contribution in [-0.4, -0.2) is 27.7 Å². The van der Waals surface area contributed by atoms with Crippen molar-refractivity contribution in [3.05, 3.63) is 82.6 Å². The molecule has 0 saturated heterocycles. The number of methoxy groups -OCH3 is 1. The van der Waals surface area contributed by atoms with Gasteiger partial charge < -0.3 is 10.1 Å². The van der Waals surface area contributed by atoms with E-state index in [1.807, 2.05) is 12.1 Å². The van der Waals surface area contributed by atoms with Crippen LogP contribution in [-0.2, 0) is 11.0 Å². The zero-order valence-electron chi connectivity index (χ0n) is 17.4. The van der Waals surface area contributed by atoms with Crippen LogP contribution in [0.25, 0.3) is 0 Å². The second-order valence-corrected chi connectivity index (χ2v) is 7.97. The Kier molecular flexibility index (Phi) is 4.95. The van der Waals surface area contributed by atoms with Crippen LogP contribution in [0.15, 0.2) is 59.8 Å². The minimum absolute atomic E-state index is 0.112. The molecule has 2 aromatic carbocycles. The molecule has 5 rings (SSSR count). The van der Waals surface area contributed by atoms with E-state index in [0.717, 1.165) is 10.2 Å². The summed E-state index contributed by atoms with van der Waals surface area (Å²) in [5, 5.41) is 6.55. The Labute approximate surface area is 185 Å². The molecule has 0 radical (unpaired) electrons. The summed E-state index contributed by atoms with van der Waals surface area (Å²) < 4.78 is 59.8. The maximum absolute atomic E-state index is 13.5. The largest absolute Gasteiger partial charge is 0.497 e. The van der Waals surface area contributed by atoms with Crippen molar-refractivity contribution < 1.29 is 27.1 Å². The lowest BCUT2D eigenvalue weighted by atomic mass is 9.78. The van der Waals surface area contributed by atoms with Gasteiger partial charge in [-0.05, 0) is 47.7 Å². The third-order valence-electron chi connectivity index (χ3n) is 5.95. The van der Waals surface area contributed by atoms with Gasteiger partial charge in [0, 0.05) is 17.7 Å². The molecule has 10 heteroatoms. The number of hydrogen-bond donors (Lipinski definition) is 1. The molecule has 6 nitrogen and oxygen atoms in total. The van der Waals surface area contributed by atoms with Crippen LogP contribution in [0.2, 0.25) is 0 Å². The van der Waals surface area contributed by atoms with Crippen LogP contribution in [0, 0.1) is 5.82 Å². The highest BCUT2D eigenvalue weighted by molar-refractivity contribution is 6.00. The van der Waals surface area contributed by atoms with Crippen molar-refractivity contribution in [3.63, 3.8) is 0 Å². The molecule has 2 heterocycles. The molecule has 0 spiro atoms. The van der Waals surface area contributed by atoms with Crippen molar-refractivity contribution >= 4 is 11.7 Å². The number of halogens is 4. The number of carbonyl (C=O) groups excluding carboxylic acids is 1. The SMILES string of the molecule is COc1ccc([C@H]2CC(=O)C3=C(C2)Nc2nc(C(F)(F)F)nn2[C@H]3c2ccc(F)cc2)cc1. The number of anilines is 1. The van der Waals surface area contributed by atoms with Gasteiger partial charge in [0.1, 0.15) is 17.6 Å². The monoisotopic (exact) mass is 458 g/mol. The van der Waals surface area contributed by atoms with Crippen molar-refractivity contribution in [1.82, 2.24) is 14.8 Å². The lowest BCUT2D eigenvalue weighted by Gasteiger charge is -2.35. The number of rotatable bonds is 3. The fourth-order valence-electron chi connectivity index (χ4n) is 4.40. The Hall–Kier alpha value is -3.69. The number of fused-ring (bicyclic) bond motifs is 1. The van der Waals surface area contributed by atoms with Crippen LogP contribution in [0.3, 0.4) is 0 Å². The number of benzene rings is 2. The molecular formula is C23H18F4N4O2. The van der Waals surface area contributed by atoms with Crippen molar-refractivity contribution in [3.8, 4) is 5.75 Å². The minimum atomic E-state index is -4.75. The molecule has 0 saturated carbocycles. The smallest absolute Gasteiger partial charge is 0.453 e. The van der Waals surface area contributed by atoms with Crippen LogP contribution >= 0.6 is 0 Å². The first-order valence-corrected chi connectivity index (χ1v) is 10.2. The summed E-state index contributed by atoms with van der Waals surface area (Å²) in [7, 11) is 1.56. The maximum atomic E-state index is 13.5. The van der Waals surface area contributed by atoms with Crippen LogP contribution in [0.4, 0.5) is 23.5 Å². The van der Waals surface area contributed by atoms with Gasteiger partial charge in [-0.3, -0.25) is 4.79 Å². The molecular weight excluding hydrogens is 440 g/mol. The van der Waals surface area contributed by atoms with E-state index in [-0.39, 0.29) is 24.1 Å². The van der Waals surface area contributed by atoms with Crippen LogP contribution in [0.5, 0.6) is 5.75 Å². The summed E-state index contributed by atoms with van der Waals surface area (Å²) in [6.07, 6.45) is -4.17. The van der Waals surface area contributed by atoms with E-state index < -0.39 is 23.9 Å². The molecule has 0 fully saturated rings. The molecule has 1 aromatic heterocycles. The zero-order chi connectivity index (χ0) is 23.3. The van der Waals surface area contributed by atoms with Gasteiger partial charge >= 0.3 is 6.18 Å². The van der Waals surface area contributed by atoms with E-state index in [4.69, 9.17) is 4.74 Å². The second-order valence-electron chi connectivity index (χ2n) is 7.97. The number of hydrogen-bond acceptors (Lipinski definition) is 5. The second kappa shape index (κ2) is 7.72. The fourth-order valence-corrected chi connectivity index (χ4v) is 4.40. The molecule has 170 valence electrons. The predicted molar refractivity (Wildman–Crippen MR) is 110 cm³/mol. The van der Waals surface area contributed by atoms with Crippen LogP contribution < -0.4 is 10.1 Å². The van der Waals surface area contributed by atoms with Gasteiger partial charge in [-0.25, -0.2) is 9.07 Å². The number of nitrogens with one attached hydrogen (secondary N) is 1. The van der Waals surface area contributed by atoms with Gasteiger partial charge in [-0.1, -0.05) is 24.3 Å². The summed E-state index contributed by atoms with van der Waals surface area (Å²) >= 11 is 0. The Bertz CT molecular complexity index is 1250. The first-order valence-electron chi connectivity index (χ1n) is 10.2. The molecule has 0 amide bonds. The van der Waals surface area contributed by atoms with Gasteiger partial charge in [0.15, 0.2) is 5.78 Å². The highest BCUT2D eigenvalue weighted by Gasteiger charge is 2.43. The molecule has 2 atom stereocenters. The molecule has 33 heavy (non-hydrogen) atoms. The van der Waals surface area contributed by atoms with E-state index in [2.05, 4.69) is 15.4 Å².